The molecule has 3 aromatic rings. The van der Waals surface area contributed by atoms with E-state index < -0.39 is 0 Å². The Hall–Kier alpha value is -2.92. The third kappa shape index (κ3) is 5.29. The van der Waals surface area contributed by atoms with E-state index >= 15 is 0 Å². The van der Waals surface area contributed by atoms with Crippen LogP contribution in [0.1, 0.15) is 11.1 Å². The molecule has 0 heterocycles. The average Bonchev–Trinajstić information content (AvgIpc) is 2.66. The second kappa shape index (κ2) is 8.97. The van der Waals surface area contributed by atoms with E-state index in [-0.39, 0.29) is 18.1 Å². The van der Waals surface area contributed by atoms with Crippen LogP contribution in [0, 0.1) is 5.82 Å². The maximum Gasteiger partial charge on any atom is 0.244 e. The van der Waals surface area contributed by atoms with E-state index in [9.17, 15) is 9.18 Å². The number of hydrogen-bond acceptors (Lipinski definition) is 3. The molecule has 0 aliphatic carbocycles. The van der Waals surface area contributed by atoms with Crippen molar-refractivity contribution in [3.05, 3.63) is 95.8 Å². The average molecular weight is 364 g/mol. The van der Waals surface area contributed by atoms with Crippen molar-refractivity contribution in [3.8, 4) is 0 Å². The van der Waals surface area contributed by atoms with E-state index in [1.54, 1.807) is 30.1 Å². The molecule has 0 fully saturated rings. The first-order valence-corrected chi connectivity index (χ1v) is 8.90. The molecular weight excluding hydrogens is 347 g/mol. The summed E-state index contributed by atoms with van der Waals surface area (Å²) in [6, 6.07) is 23.8. The first-order valence-electron chi connectivity index (χ1n) is 8.09. The van der Waals surface area contributed by atoms with Crippen LogP contribution in [0.2, 0.25) is 0 Å². The number of carbonyl (C=O) groups is 1. The maximum atomic E-state index is 12.9. The fourth-order valence-electron chi connectivity index (χ4n) is 2.30. The van der Waals surface area contributed by atoms with Crippen molar-refractivity contribution in [1.29, 1.82) is 0 Å². The molecule has 0 unspecified atom stereocenters. The van der Waals surface area contributed by atoms with Crippen LogP contribution >= 0.6 is 11.8 Å². The van der Waals surface area contributed by atoms with Crippen molar-refractivity contribution in [2.75, 3.05) is 0 Å². The van der Waals surface area contributed by atoms with Crippen molar-refractivity contribution in [2.24, 2.45) is 5.10 Å². The van der Waals surface area contributed by atoms with Crippen LogP contribution in [0.25, 0.3) is 0 Å². The monoisotopic (exact) mass is 364 g/mol. The molecule has 0 radical (unpaired) electrons. The van der Waals surface area contributed by atoms with Gasteiger partial charge in [-0.15, -0.1) is 0 Å². The zero-order valence-electron chi connectivity index (χ0n) is 13.9. The van der Waals surface area contributed by atoms with E-state index in [4.69, 9.17) is 0 Å². The zero-order valence-corrected chi connectivity index (χ0v) is 14.7. The summed E-state index contributed by atoms with van der Waals surface area (Å²) in [6.45, 7) is 0. The van der Waals surface area contributed by atoms with Gasteiger partial charge in [-0.1, -0.05) is 60.3 Å². The molecule has 0 aliphatic heterocycles. The predicted molar refractivity (Wildman–Crippen MR) is 103 cm³/mol. The molecule has 0 saturated heterocycles. The van der Waals surface area contributed by atoms with Gasteiger partial charge < -0.3 is 0 Å². The molecule has 0 aromatic heterocycles. The van der Waals surface area contributed by atoms with Crippen molar-refractivity contribution in [1.82, 2.24) is 5.43 Å². The van der Waals surface area contributed by atoms with Gasteiger partial charge >= 0.3 is 0 Å². The lowest BCUT2D eigenvalue weighted by Crippen LogP contribution is -2.19. The topological polar surface area (TPSA) is 41.5 Å². The lowest BCUT2D eigenvalue weighted by molar-refractivity contribution is -0.120. The van der Waals surface area contributed by atoms with Crippen LogP contribution in [0.4, 0.5) is 4.39 Å². The third-order valence-electron chi connectivity index (χ3n) is 3.56. The molecule has 0 atom stereocenters. The molecule has 0 spiro atoms. The number of amides is 1. The Morgan fingerprint density at radius 2 is 1.65 bits per heavy atom. The first kappa shape index (κ1) is 17.9. The highest BCUT2D eigenvalue weighted by molar-refractivity contribution is 7.99. The molecule has 130 valence electrons. The second-order valence-corrected chi connectivity index (χ2v) is 6.66. The van der Waals surface area contributed by atoms with Crippen molar-refractivity contribution in [3.63, 3.8) is 0 Å². The number of carbonyl (C=O) groups excluding carboxylic acids is 1. The van der Waals surface area contributed by atoms with E-state index in [2.05, 4.69) is 10.5 Å². The molecule has 3 nitrogen and oxygen atoms in total. The SMILES string of the molecule is O=C(Cc1ccc(F)cc1)N/N=C\c1ccccc1Sc1ccccc1. The smallest absolute Gasteiger partial charge is 0.244 e. The van der Waals surface area contributed by atoms with Crippen LogP contribution in [0.5, 0.6) is 0 Å². The minimum Gasteiger partial charge on any atom is -0.273 e. The Balaban J connectivity index is 1.61. The van der Waals surface area contributed by atoms with Gasteiger partial charge in [-0.3, -0.25) is 4.79 Å². The fourth-order valence-corrected chi connectivity index (χ4v) is 3.23. The molecule has 0 bridgehead atoms. The van der Waals surface area contributed by atoms with Crippen LogP contribution in [-0.4, -0.2) is 12.1 Å². The normalized spacial score (nSPS) is 10.8. The highest BCUT2D eigenvalue weighted by Crippen LogP contribution is 2.29. The Bertz CT molecular complexity index is 895. The van der Waals surface area contributed by atoms with Crippen LogP contribution in [0.15, 0.2) is 93.8 Å². The number of nitrogens with zero attached hydrogens (tertiary/aromatic N) is 1. The summed E-state index contributed by atoms with van der Waals surface area (Å²) in [5.41, 5.74) is 4.17. The Morgan fingerprint density at radius 1 is 0.962 bits per heavy atom. The molecule has 1 N–H and O–H groups in total. The largest absolute Gasteiger partial charge is 0.273 e. The van der Waals surface area contributed by atoms with Crippen LogP contribution in [0.3, 0.4) is 0 Å². The van der Waals surface area contributed by atoms with Gasteiger partial charge in [0.05, 0.1) is 12.6 Å². The van der Waals surface area contributed by atoms with Crippen LogP contribution in [-0.2, 0) is 11.2 Å². The lowest BCUT2D eigenvalue weighted by Gasteiger charge is -2.05. The minimum atomic E-state index is -0.320. The van der Waals surface area contributed by atoms with Crippen LogP contribution < -0.4 is 5.43 Å². The van der Waals surface area contributed by atoms with Gasteiger partial charge in [-0.2, -0.15) is 5.10 Å². The molecule has 0 aliphatic rings. The third-order valence-corrected chi connectivity index (χ3v) is 4.66. The molecule has 5 heteroatoms. The summed E-state index contributed by atoms with van der Waals surface area (Å²) in [5, 5.41) is 4.05. The summed E-state index contributed by atoms with van der Waals surface area (Å²) in [5.74, 6) is -0.569. The Labute approximate surface area is 156 Å². The molecule has 3 aromatic carbocycles. The standard InChI is InChI=1S/C21H17FN2OS/c22-18-12-10-16(11-13-18)14-21(25)24-23-15-17-6-4-5-9-20(17)26-19-7-2-1-3-8-19/h1-13,15H,14H2,(H,24,25)/b23-15-. The molecular formula is C21H17FN2OS. The Kier molecular flexibility index (Phi) is 6.17. The summed E-state index contributed by atoms with van der Waals surface area (Å²) >= 11 is 1.64. The predicted octanol–water partition coefficient (Wildman–Crippen LogP) is 4.67. The van der Waals surface area contributed by atoms with Crippen molar-refractivity contribution in [2.45, 2.75) is 16.2 Å². The molecule has 1 amide bonds. The first-order chi connectivity index (χ1) is 12.7. The van der Waals surface area contributed by atoms with E-state index in [0.717, 1.165) is 20.9 Å². The quantitative estimate of drug-likeness (QED) is 0.510. The zero-order chi connectivity index (χ0) is 18.2. The number of hydrazone groups is 1. The Morgan fingerprint density at radius 3 is 2.42 bits per heavy atom. The number of nitrogens with one attached hydrogen (secondary N) is 1. The lowest BCUT2D eigenvalue weighted by atomic mass is 10.1. The van der Waals surface area contributed by atoms with Gasteiger partial charge in [0.1, 0.15) is 5.82 Å². The highest BCUT2D eigenvalue weighted by Gasteiger charge is 2.04. The minimum absolute atomic E-state index is 0.151. The number of hydrogen-bond donors (Lipinski definition) is 1. The van der Waals surface area contributed by atoms with Gasteiger partial charge in [-0.05, 0) is 35.9 Å². The van der Waals surface area contributed by atoms with Gasteiger partial charge in [0.2, 0.25) is 5.91 Å². The van der Waals surface area contributed by atoms with Gasteiger partial charge in [-0.25, -0.2) is 9.82 Å². The maximum absolute atomic E-state index is 12.9. The van der Waals surface area contributed by atoms with E-state index in [0.29, 0.717) is 0 Å². The molecule has 26 heavy (non-hydrogen) atoms. The summed E-state index contributed by atoms with van der Waals surface area (Å²) < 4.78 is 12.9. The van der Waals surface area contributed by atoms with E-state index in [1.807, 2.05) is 54.6 Å². The second-order valence-electron chi connectivity index (χ2n) is 5.55. The summed E-state index contributed by atoms with van der Waals surface area (Å²) in [7, 11) is 0. The van der Waals surface area contributed by atoms with E-state index in [1.165, 1.54) is 12.1 Å². The van der Waals surface area contributed by atoms with Crippen molar-refractivity contribution < 1.29 is 9.18 Å². The summed E-state index contributed by atoms with van der Waals surface area (Å²) in [4.78, 5) is 14.1. The van der Waals surface area contributed by atoms with Gasteiger partial charge in [0, 0.05) is 15.4 Å². The fraction of sp³-hybridized carbons (Fsp3) is 0.0476. The number of rotatable bonds is 6. The van der Waals surface area contributed by atoms with Crippen molar-refractivity contribution >= 4 is 23.9 Å². The summed E-state index contributed by atoms with van der Waals surface area (Å²) in [6.07, 6.45) is 1.78. The van der Waals surface area contributed by atoms with Gasteiger partial charge in [0.25, 0.3) is 0 Å². The molecule has 0 saturated carbocycles. The molecule has 3 rings (SSSR count). The highest BCUT2D eigenvalue weighted by atomic mass is 32.2. The number of benzene rings is 3. The van der Waals surface area contributed by atoms with Gasteiger partial charge in [0.15, 0.2) is 0 Å². The number of halogens is 1.